The molecule has 0 fully saturated rings. The Hall–Kier alpha value is -2.94. The van der Waals surface area contributed by atoms with E-state index in [0.717, 1.165) is 50.1 Å². The van der Waals surface area contributed by atoms with Crippen molar-refractivity contribution in [1.82, 2.24) is 0 Å². The number of aromatic hydroxyl groups is 3. The monoisotopic (exact) mass is 376 g/mol. The number of aryl methyl sites for hydroxylation is 5. The molecule has 3 nitrogen and oxygen atoms in total. The number of hydrogen-bond donors (Lipinski definition) is 3. The van der Waals surface area contributed by atoms with E-state index in [-0.39, 0.29) is 0 Å². The van der Waals surface area contributed by atoms with Gasteiger partial charge < -0.3 is 15.3 Å². The van der Waals surface area contributed by atoms with Crippen LogP contribution < -0.4 is 0 Å². The van der Waals surface area contributed by atoms with Crippen LogP contribution in [0.3, 0.4) is 0 Å². The molecular formula is C25H28O3. The van der Waals surface area contributed by atoms with E-state index in [4.69, 9.17) is 0 Å². The molecule has 3 aromatic carbocycles. The van der Waals surface area contributed by atoms with E-state index in [1.165, 1.54) is 0 Å². The van der Waals surface area contributed by atoms with Gasteiger partial charge >= 0.3 is 0 Å². The molecule has 0 saturated carbocycles. The van der Waals surface area contributed by atoms with Crippen LogP contribution >= 0.6 is 0 Å². The fourth-order valence-electron chi connectivity index (χ4n) is 3.94. The number of hydrogen-bond acceptors (Lipinski definition) is 3. The summed E-state index contributed by atoms with van der Waals surface area (Å²) in [6.45, 7) is 9.60. The zero-order valence-corrected chi connectivity index (χ0v) is 17.2. The molecule has 3 heteroatoms. The fourth-order valence-corrected chi connectivity index (χ4v) is 3.94. The molecular weight excluding hydrogens is 348 g/mol. The first-order chi connectivity index (χ1) is 13.2. The molecule has 0 saturated heterocycles. The van der Waals surface area contributed by atoms with Gasteiger partial charge in [-0.25, -0.2) is 0 Å². The van der Waals surface area contributed by atoms with E-state index in [1.807, 2.05) is 71.0 Å². The lowest BCUT2D eigenvalue weighted by Gasteiger charge is -2.14. The van der Waals surface area contributed by atoms with Crippen LogP contribution in [-0.4, -0.2) is 15.3 Å². The van der Waals surface area contributed by atoms with E-state index < -0.39 is 0 Å². The lowest BCUT2D eigenvalue weighted by atomic mass is 9.93. The van der Waals surface area contributed by atoms with Crippen molar-refractivity contribution in [3.63, 3.8) is 0 Å². The Morgan fingerprint density at radius 3 is 1.14 bits per heavy atom. The highest BCUT2D eigenvalue weighted by Gasteiger charge is 2.13. The Morgan fingerprint density at radius 2 is 0.821 bits per heavy atom. The molecule has 0 aliphatic carbocycles. The van der Waals surface area contributed by atoms with Crippen LogP contribution in [0.15, 0.2) is 36.4 Å². The van der Waals surface area contributed by atoms with E-state index in [1.54, 1.807) is 0 Å². The van der Waals surface area contributed by atoms with Gasteiger partial charge in [-0.1, -0.05) is 42.0 Å². The van der Waals surface area contributed by atoms with E-state index in [9.17, 15) is 15.3 Å². The average Bonchev–Trinajstić information content (AvgIpc) is 2.61. The molecule has 28 heavy (non-hydrogen) atoms. The van der Waals surface area contributed by atoms with Crippen LogP contribution in [-0.2, 0) is 12.8 Å². The summed E-state index contributed by atoms with van der Waals surface area (Å²) in [5.74, 6) is 0.976. The van der Waals surface area contributed by atoms with Crippen LogP contribution in [0.2, 0.25) is 0 Å². The Kier molecular flexibility index (Phi) is 5.37. The summed E-state index contributed by atoms with van der Waals surface area (Å²) in [6.07, 6.45) is 1.21. The first-order valence-electron chi connectivity index (χ1n) is 9.55. The lowest BCUT2D eigenvalue weighted by Crippen LogP contribution is -1.98. The second kappa shape index (κ2) is 7.59. The molecule has 0 spiro atoms. The summed E-state index contributed by atoms with van der Waals surface area (Å²) in [5.41, 5.74) is 8.37. The molecule has 0 heterocycles. The molecule has 0 aliphatic rings. The molecule has 3 rings (SSSR count). The van der Waals surface area contributed by atoms with Gasteiger partial charge in [0.05, 0.1) is 0 Å². The topological polar surface area (TPSA) is 60.7 Å². The molecule has 0 bridgehead atoms. The molecule has 3 aromatic rings. The predicted molar refractivity (Wildman–Crippen MR) is 114 cm³/mol. The highest BCUT2D eigenvalue weighted by atomic mass is 16.3. The largest absolute Gasteiger partial charge is 0.507 e. The van der Waals surface area contributed by atoms with Crippen molar-refractivity contribution in [1.29, 1.82) is 0 Å². The third kappa shape index (κ3) is 3.99. The summed E-state index contributed by atoms with van der Waals surface area (Å²) >= 11 is 0. The van der Waals surface area contributed by atoms with Gasteiger partial charge in [-0.3, -0.25) is 0 Å². The summed E-state index contributed by atoms with van der Waals surface area (Å²) < 4.78 is 0. The van der Waals surface area contributed by atoms with Crippen LogP contribution in [0.4, 0.5) is 0 Å². The zero-order valence-electron chi connectivity index (χ0n) is 17.2. The van der Waals surface area contributed by atoms with Gasteiger partial charge in [0, 0.05) is 12.8 Å². The van der Waals surface area contributed by atoms with Crippen LogP contribution in [0.1, 0.15) is 50.1 Å². The van der Waals surface area contributed by atoms with Gasteiger partial charge in [0.25, 0.3) is 0 Å². The van der Waals surface area contributed by atoms with Crippen molar-refractivity contribution < 1.29 is 15.3 Å². The Labute approximate surface area is 166 Å². The minimum Gasteiger partial charge on any atom is -0.507 e. The van der Waals surface area contributed by atoms with Crippen molar-refractivity contribution >= 4 is 0 Å². The second-order valence-electron chi connectivity index (χ2n) is 7.94. The van der Waals surface area contributed by atoms with Gasteiger partial charge in [0.1, 0.15) is 17.2 Å². The van der Waals surface area contributed by atoms with Gasteiger partial charge in [-0.15, -0.1) is 0 Å². The third-order valence-electron chi connectivity index (χ3n) is 5.30. The zero-order chi connectivity index (χ0) is 20.6. The average molecular weight is 376 g/mol. The summed E-state index contributed by atoms with van der Waals surface area (Å²) in [7, 11) is 0. The number of benzene rings is 3. The van der Waals surface area contributed by atoms with Crippen molar-refractivity contribution in [3.8, 4) is 17.2 Å². The normalized spacial score (nSPS) is 11.0. The van der Waals surface area contributed by atoms with Crippen molar-refractivity contribution in [2.45, 2.75) is 47.5 Å². The lowest BCUT2D eigenvalue weighted by molar-refractivity contribution is 0.462. The third-order valence-corrected chi connectivity index (χ3v) is 5.30. The SMILES string of the molecule is Cc1cc(Cc2cc(C)c(O)c(C)c2)c(O)c(Cc2cc(C)c(O)c(C)c2)c1. The highest BCUT2D eigenvalue weighted by molar-refractivity contribution is 5.51. The molecule has 146 valence electrons. The smallest absolute Gasteiger partial charge is 0.122 e. The quantitative estimate of drug-likeness (QED) is 0.561. The maximum absolute atomic E-state index is 10.9. The van der Waals surface area contributed by atoms with Gasteiger partial charge in [-0.2, -0.15) is 0 Å². The van der Waals surface area contributed by atoms with Gasteiger partial charge in [0.2, 0.25) is 0 Å². The van der Waals surface area contributed by atoms with Gasteiger partial charge in [-0.05, 0) is 79.1 Å². The first-order valence-corrected chi connectivity index (χ1v) is 9.55. The molecule has 0 radical (unpaired) electrons. The van der Waals surface area contributed by atoms with Crippen LogP contribution in [0, 0.1) is 34.6 Å². The molecule has 3 N–H and O–H groups in total. The standard InChI is InChI=1S/C25H28O3/c1-14-6-21(12-19-8-15(2)23(26)16(3)9-19)25(28)22(7-14)13-20-10-17(4)24(27)18(5)11-20/h6-11,26-28H,12-13H2,1-5H3. The van der Waals surface area contributed by atoms with Crippen LogP contribution in [0.25, 0.3) is 0 Å². The van der Waals surface area contributed by atoms with Crippen molar-refractivity contribution in [2.75, 3.05) is 0 Å². The Morgan fingerprint density at radius 1 is 0.500 bits per heavy atom. The first kappa shape index (κ1) is 19.8. The highest BCUT2D eigenvalue weighted by Crippen LogP contribution is 2.32. The van der Waals surface area contributed by atoms with Crippen molar-refractivity contribution in [3.05, 3.63) is 86.5 Å². The Bertz CT molecular complexity index is 921. The molecule has 0 atom stereocenters. The molecule has 0 unspecified atom stereocenters. The van der Waals surface area contributed by atoms with Gasteiger partial charge in [0.15, 0.2) is 0 Å². The molecule has 0 amide bonds. The van der Waals surface area contributed by atoms with E-state index >= 15 is 0 Å². The molecule has 0 aromatic heterocycles. The summed E-state index contributed by atoms with van der Waals surface area (Å²) in [4.78, 5) is 0. The fraction of sp³-hybridized carbons (Fsp3) is 0.280. The number of phenols is 3. The van der Waals surface area contributed by atoms with E-state index in [0.29, 0.717) is 30.1 Å². The maximum atomic E-state index is 10.9. The van der Waals surface area contributed by atoms with Crippen LogP contribution in [0.5, 0.6) is 17.2 Å². The van der Waals surface area contributed by atoms with E-state index in [2.05, 4.69) is 0 Å². The maximum Gasteiger partial charge on any atom is 0.122 e. The molecule has 0 aliphatic heterocycles. The summed E-state index contributed by atoms with van der Waals surface area (Å²) in [5, 5.41) is 30.9. The number of phenolic OH excluding ortho intramolecular Hbond substituents is 3. The minimum absolute atomic E-state index is 0.317. The number of rotatable bonds is 4. The second-order valence-corrected chi connectivity index (χ2v) is 7.94. The van der Waals surface area contributed by atoms with Crippen molar-refractivity contribution in [2.24, 2.45) is 0 Å². The summed E-state index contributed by atoms with van der Waals surface area (Å²) in [6, 6.07) is 11.9. The Balaban J connectivity index is 1.96. The predicted octanol–water partition coefficient (Wildman–Crippen LogP) is 5.53. The minimum atomic E-state index is 0.317.